The van der Waals surface area contributed by atoms with Crippen LogP contribution in [0.15, 0.2) is 66.9 Å². The Labute approximate surface area is 240 Å². The molecular weight excluding hydrogens is 525 g/mol. The van der Waals surface area contributed by atoms with Crippen LogP contribution in [0.2, 0.25) is 0 Å². The molecule has 0 radical (unpaired) electrons. The van der Waals surface area contributed by atoms with Gasteiger partial charge in [-0.25, -0.2) is 4.39 Å². The fourth-order valence-electron chi connectivity index (χ4n) is 4.39. The summed E-state index contributed by atoms with van der Waals surface area (Å²) in [6, 6.07) is 17.9. The second-order valence-electron chi connectivity index (χ2n) is 10.7. The molecule has 41 heavy (non-hydrogen) atoms. The lowest BCUT2D eigenvalue weighted by atomic mass is 9.87. The van der Waals surface area contributed by atoms with Gasteiger partial charge in [-0.3, -0.25) is 9.88 Å². The molecule has 4 rings (SSSR count). The van der Waals surface area contributed by atoms with Gasteiger partial charge in [-0.15, -0.1) is 0 Å². The maximum atomic E-state index is 15.0. The van der Waals surface area contributed by atoms with Crippen molar-refractivity contribution in [2.24, 2.45) is 0 Å². The van der Waals surface area contributed by atoms with Crippen LogP contribution >= 0.6 is 0 Å². The summed E-state index contributed by atoms with van der Waals surface area (Å²) in [7, 11) is 1.55. The number of rotatable bonds is 13. The minimum atomic E-state index is -0.439. The topological polar surface area (TPSA) is 96.3 Å². The molecule has 0 aliphatic rings. The molecule has 218 valence electrons. The molecule has 1 heterocycles. The Morgan fingerprint density at radius 2 is 1.61 bits per heavy atom. The molecule has 4 aromatic rings. The van der Waals surface area contributed by atoms with Crippen LogP contribution in [0.4, 0.5) is 15.8 Å². The van der Waals surface area contributed by atoms with Crippen molar-refractivity contribution in [2.75, 3.05) is 51.9 Å². The van der Waals surface area contributed by atoms with Crippen LogP contribution in [-0.4, -0.2) is 66.7 Å². The molecule has 0 amide bonds. The average molecular weight is 564 g/mol. The first-order valence-corrected chi connectivity index (χ1v) is 13.6. The maximum absolute atomic E-state index is 15.0. The van der Waals surface area contributed by atoms with Gasteiger partial charge >= 0.3 is 0 Å². The summed E-state index contributed by atoms with van der Waals surface area (Å²) in [5, 5.41) is 22.2. The summed E-state index contributed by atoms with van der Waals surface area (Å²) >= 11 is 0. The number of benzene rings is 3. The van der Waals surface area contributed by atoms with E-state index in [1.54, 1.807) is 43.6 Å². The Morgan fingerprint density at radius 3 is 2.24 bits per heavy atom. The van der Waals surface area contributed by atoms with Crippen LogP contribution < -0.4 is 19.5 Å². The van der Waals surface area contributed by atoms with E-state index < -0.39 is 5.82 Å². The number of nitrogens with one attached hydrogen (secondary N) is 1. The van der Waals surface area contributed by atoms with Crippen molar-refractivity contribution in [3.8, 4) is 23.0 Å². The number of pyridine rings is 1. The molecule has 0 aliphatic heterocycles. The van der Waals surface area contributed by atoms with Gasteiger partial charge < -0.3 is 29.7 Å². The third kappa shape index (κ3) is 7.85. The van der Waals surface area contributed by atoms with Gasteiger partial charge in [-0.2, -0.15) is 0 Å². The first-order chi connectivity index (χ1) is 19.7. The lowest BCUT2D eigenvalue weighted by Crippen LogP contribution is -2.33. The number of hydrogen-bond donors (Lipinski definition) is 3. The minimum Gasteiger partial charge on any atom is -0.493 e. The van der Waals surface area contributed by atoms with Crippen molar-refractivity contribution in [3.63, 3.8) is 0 Å². The van der Waals surface area contributed by atoms with E-state index in [0.29, 0.717) is 65.8 Å². The Bertz CT molecular complexity index is 1430. The van der Waals surface area contributed by atoms with Crippen molar-refractivity contribution in [2.45, 2.75) is 26.2 Å². The standard InChI is InChI=1S/C32H38FN3O5/c1-32(2,3)22-5-7-23(8-6-22)35-27-10-9-24(19-26(27)33)41-29-11-12-34-28-21-31(30(39-4)20-25(28)29)40-18-15-36(13-16-37)14-17-38/h5-12,19-21,35,37-38H,13-18H2,1-4H3. The third-order valence-corrected chi connectivity index (χ3v) is 6.68. The van der Waals surface area contributed by atoms with Crippen LogP contribution in [0.5, 0.6) is 23.0 Å². The number of ether oxygens (including phenoxy) is 3. The van der Waals surface area contributed by atoms with E-state index in [1.165, 1.54) is 11.6 Å². The predicted molar refractivity (Wildman–Crippen MR) is 159 cm³/mol. The van der Waals surface area contributed by atoms with E-state index >= 15 is 4.39 Å². The first kappa shape index (κ1) is 30.0. The molecular formula is C32H38FN3O5. The first-order valence-electron chi connectivity index (χ1n) is 13.6. The molecule has 0 saturated carbocycles. The maximum Gasteiger partial charge on any atom is 0.163 e. The Kier molecular flexibility index (Phi) is 9.99. The highest BCUT2D eigenvalue weighted by Gasteiger charge is 2.15. The lowest BCUT2D eigenvalue weighted by Gasteiger charge is -2.20. The second kappa shape index (κ2) is 13.6. The highest BCUT2D eigenvalue weighted by Crippen LogP contribution is 2.37. The van der Waals surface area contributed by atoms with Crippen LogP contribution in [0, 0.1) is 5.82 Å². The average Bonchev–Trinajstić information content (AvgIpc) is 2.94. The highest BCUT2D eigenvalue weighted by atomic mass is 19.1. The van der Waals surface area contributed by atoms with E-state index in [4.69, 9.17) is 14.2 Å². The lowest BCUT2D eigenvalue weighted by molar-refractivity contribution is 0.140. The molecule has 9 heteroatoms. The van der Waals surface area contributed by atoms with Crippen molar-refractivity contribution in [1.82, 2.24) is 9.88 Å². The Morgan fingerprint density at radius 1 is 0.878 bits per heavy atom. The number of anilines is 2. The van der Waals surface area contributed by atoms with E-state index in [9.17, 15) is 10.2 Å². The highest BCUT2D eigenvalue weighted by molar-refractivity contribution is 5.88. The van der Waals surface area contributed by atoms with Gasteiger partial charge in [0.15, 0.2) is 11.5 Å². The van der Waals surface area contributed by atoms with Gasteiger partial charge in [0.1, 0.15) is 23.9 Å². The van der Waals surface area contributed by atoms with E-state index in [0.717, 1.165) is 5.69 Å². The van der Waals surface area contributed by atoms with Gasteiger partial charge in [-0.05, 0) is 47.4 Å². The number of halogens is 1. The fourth-order valence-corrected chi connectivity index (χ4v) is 4.39. The molecule has 3 N–H and O–H groups in total. The Hall–Kier alpha value is -3.92. The molecule has 8 nitrogen and oxygen atoms in total. The molecule has 0 aliphatic carbocycles. The van der Waals surface area contributed by atoms with Crippen molar-refractivity contribution >= 4 is 22.3 Å². The molecule has 0 saturated heterocycles. The van der Waals surface area contributed by atoms with Crippen molar-refractivity contribution in [1.29, 1.82) is 0 Å². The quantitative estimate of drug-likeness (QED) is 0.186. The summed E-state index contributed by atoms with van der Waals surface area (Å²) in [6.07, 6.45) is 1.62. The van der Waals surface area contributed by atoms with Gasteiger partial charge in [-0.1, -0.05) is 32.9 Å². The molecule has 0 atom stereocenters. The number of aromatic nitrogens is 1. The predicted octanol–water partition coefficient (Wildman–Crippen LogP) is 5.88. The summed E-state index contributed by atoms with van der Waals surface area (Å²) in [6.45, 7) is 8.21. The summed E-state index contributed by atoms with van der Waals surface area (Å²) in [5.74, 6) is 1.40. The number of fused-ring (bicyclic) bond motifs is 1. The molecule has 1 aromatic heterocycles. The van der Waals surface area contributed by atoms with Crippen molar-refractivity contribution < 1.29 is 28.8 Å². The third-order valence-electron chi connectivity index (χ3n) is 6.68. The molecule has 3 aromatic carbocycles. The number of aliphatic hydroxyl groups excluding tert-OH is 2. The van der Waals surface area contributed by atoms with Crippen molar-refractivity contribution in [3.05, 3.63) is 78.2 Å². The zero-order chi connectivity index (χ0) is 29.4. The summed E-state index contributed by atoms with van der Waals surface area (Å²) in [5.41, 5.74) is 3.01. The number of aliphatic hydroxyl groups is 2. The van der Waals surface area contributed by atoms with Gasteiger partial charge in [0.25, 0.3) is 0 Å². The smallest absolute Gasteiger partial charge is 0.163 e. The van der Waals surface area contributed by atoms with Crippen LogP contribution in [-0.2, 0) is 5.41 Å². The SMILES string of the molecule is COc1cc2c(Oc3ccc(Nc4ccc(C(C)(C)C)cc4)c(F)c3)ccnc2cc1OCCN(CCO)CCO. The molecule has 0 unspecified atom stereocenters. The van der Waals surface area contributed by atoms with Gasteiger partial charge in [0.05, 0.1) is 31.5 Å². The zero-order valence-electron chi connectivity index (χ0n) is 24.0. The Balaban J connectivity index is 1.48. The van der Waals surface area contributed by atoms with Crippen LogP contribution in [0.25, 0.3) is 10.9 Å². The van der Waals surface area contributed by atoms with E-state index in [1.807, 2.05) is 29.2 Å². The largest absolute Gasteiger partial charge is 0.493 e. The van der Waals surface area contributed by atoms with E-state index in [2.05, 4.69) is 31.1 Å². The number of hydrogen-bond acceptors (Lipinski definition) is 8. The molecule has 0 spiro atoms. The van der Waals surface area contributed by atoms with Gasteiger partial charge in [0, 0.05) is 49.0 Å². The summed E-state index contributed by atoms with van der Waals surface area (Å²) < 4.78 is 32.6. The molecule has 0 fully saturated rings. The minimum absolute atomic E-state index is 0.000577. The zero-order valence-corrected chi connectivity index (χ0v) is 24.0. The normalized spacial score (nSPS) is 11.6. The monoisotopic (exact) mass is 563 g/mol. The fraction of sp³-hybridized carbons (Fsp3) is 0.344. The number of methoxy groups -OCH3 is 1. The number of nitrogens with zero attached hydrogens (tertiary/aromatic N) is 2. The second-order valence-corrected chi connectivity index (χ2v) is 10.7. The van der Waals surface area contributed by atoms with Crippen LogP contribution in [0.3, 0.4) is 0 Å². The van der Waals surface area contributed by atoms with Gasteiger partial charge in [0.2, 0.25) is 0 Å². The molecule has 0 bridgehead atoms. The van der Waals surface area contributed by atoms with E-state index in [-0.39, 0.29) is 18.6 Å². The summed E-state index contributed by atoms with van der Waals surface area (Å²) in [4.78, 5) is 6.35. The van der Waals surface area contributed by atoms with Crippen LogP contribution in [0.1, 0.15) is 26.3 Å².